The number of nitrogens with zero attached hydrogens (tertiary/aromatic N) is 1. The van der Waals surface area contributed by atoms with Crippen LogP contribution < -0.4 is 0 Å². The van der Waals surface area contributed by atoms with E-state index in [-0.39, 0.29) is 46.0 Å². The number of hydrogen-bond acceptors (Lipinski definition) is 3. The van der Waals surface area contributed by atoms with E-state index in [1.54, 1.807) is 0 Å². The monoisotopic (exact) mass is 196 g/mol. The van der Waals surface area contributed by atoms with Crippen LogP contribution in [0.2, 0.25) is 5.02 Å². The third kappa shape index (κ3) is 2.64. The molecule has 59 valence electrons. The fourth-order valence-electron chi connectivity index (χ4n) is 0.644. The topological polar surface area (TPSA) is 63.4 Å². The van der Waals surface area contributed by atoms with Crippen LogP contribution in [-0.4, -0.2) is 39.6 Å². The molecule has 0 aliphatic heterocycles. The first-order chi connectivity index (χ1) is 5.11. The van der Waals surface area contributed by atoms with Gasteiger partial charge in [-0.3, -0.25) is 10.1 Å². The van der Waals surface area contributed by atoms with E-state index in [1.165, 1.54) is 6.07 Å². The molecule has 1 aromatic carbocycles. The summed E-state index contributed by atoms with van der Waals surface area (Å²) in [7, 11) is 0. The van der Waals surface area contributed by atoms with Crippen LogP contribution >= 0.6 is 11.6 Å². The van der Waals surface area contributed by atoms with Gasteiger partial charge < -0.3 is 5.11 Å². The van der Waals surface area contributed by atoms with E-state index in [2.05, 4.69) is 0 Å². The van der Waals surface area contributed by atoms with Crippen molar-refractivity contribution in [2.45, 2.75) is 0 Å². The van der Waals surface area contributed by atoms with Gasteiger partial charge in [-0.1, -0.05) is 11.6 Å². The van der Waals surface area contributed by atoms with E-state index in [0.29, 0.717) is 0 Å². The quantitative estimate of drug-likeness (QED) is 0.421. The molecule has 0 aliphatic rings. The number of rotatable bonds is 1. The zero-order valence-electron chi connectivity index (χ0n) is 6.32. The number of nitro benzene ring substituents is 1. The van der Waals surface area contributed by atoms with Crippen LogP contribution in [0.4, 0.5) is 5.69 Å². The van der Waals surface area contributed by atoms with Crippen LogP contribution in [0.5, 0.6) is 5.75 Å². The van der Waals surface area contributed by atoms with Crippen LogP contribution in [0.15, 0.2) is 18.2 Å². The molecule has 0 saturated heterocycles. The maximum atomic E-state index is 10.2. The predicted molar refractivity (Wildman–Crippen MR) is 45.5 cm³/mol. The molecule has 1 rings (SSSR count). The molecular formula is C6H4ClNNaO3. The van der Waals surface area contributed by atoms with Gasteiger partial charge in [-0.2, -0.15) is 0 Å². The van der Waals surface area contributed by atoms with Gasteiger partial charge in [-0.15, -0.1) is 0 Å². The Morgan fingerprint density at radius 2 is 2.08 bits per heavy atom. The summed E-state index contributed by atoms with van der Waals surface area (Å²) < 4.78 is 0. The molecule has 0 atom stereocenters. The Hall–Kier alpha value is -0.290. The predicted octanol–water partition coefficient (Wildman–Crippen LogP) is 1.57. The van der Waals surface area contributed by atoms with Crippen molar-refractivity contribution in [3.05, 3.63) is 33.3 Å². The Kier molecular flexibility index (Phi) is 4.55. The third-order valence-electron chi connectivity index (χ3n) is 1.13. The van der Waals surface area contributed by atoms with Crippen LogP contribution in [-0.2, 0) is 0 Å². The van der Waals surface area contributed by atoms with Crippen LogP contribution in [0.25, 0.3) is 0 Å². The van der Waals surface area contributed by atoms with Gasteiger partial charge >= 0.3 is 0 Å². The minimum absolute atomic E-state index is 0. The van der Waals surface area contributed by atoms with Crippen molar-refractivity contribution in [3.63, 3.8) is 0 Å². The van der Waals surface area contributed by atoms with Crippen LogP contribution in [0.3, 0.4) is 0 Å². The molecule has 0 heterocycles. The van der Waals surface area contributed by atoms with Gasteiger partial charge in [0.15, 0.2) is 0 Å². The molecule has 0 saturated carbocycles. The molecule has 1 aromatic rings. The van der Waals surface area contributed by atoms with Crippen LogP contribution in [0.1, 0.15) is 0 Å². The number of phenolic OH excluding ortho intramolecular Hbond substituents is 1. The first kappa shape index (κ1) is 11.7. The minimum atomic E-state index is -0.609. The van der Waals surface area contributed by atoms with Crippen molar-refractivity contribution in [1.82, 2.24) is 0 Å². The third-order valence-corrected chi connectivity index (χ3v) is 1.43. The number of halogens is 1. The average Bonchev–Trinajstić information content (AvgIpc) is 1.85. The average molecular weight is 197 g/mol. The fourth-order valence-corrected chi connectivity index (χ4v) is 0.888. The molecule has 6 heteroatoms. The van der Waals surface area contributed by atoms with E-state index in [1.807, 2.05) is 0 Å². The van der Waals surface area contributed by atoms with Gasteiger partial charge in [0.2, 0.25) is 0 Å². The molecule has 0 fully saturated rings. The molecular weight excluding hydrogens is 193 g/mol. The summed E-state index contributed by atoms with van der Waals surface area (Å²) in [5.41, 5.74) is -0.204. The van der Waals surface area contributed by atoms with Crippen molar-refractivity contribution in [1.29, 1.82) is 0 Å². The van der Waals surface area contributed by atoms with Crippen molar-refractivity contribution in [2.24, 2.45) is 0 Å². The normalized spacial score (nSPS) is 8.75. The number of aromatic hydroxyl groups is 1. The fraction of sp³-hybridized carbons (Fsp3) is 0. The summed E-state index contributed by atoms with van der Waals surface area (Å²) >= 11 is 5.42. The molecule has 0 aromatic heterocycles. The first-order valence-electron chi connectivity index (χ1n) is 2.74. The number of nitro groups is 1. The van der Waals surface area contributed by atoms with Gasteiger partial charge in [0.1, 0.15) is 10.8 Å². The molecule has 0 amide bonds. The van der Waals surface area contributed by atoms with E-state index in [4.69, 9.17) is 16.7 Å². The SMILES string of the molecule is O=[N+]([O-])c1ccc(O)cc1Cl.[Na]. The maximum absolute atomic E-state index is 10.2. The molecule has 4 nitrogen and oxygen atoms in total. The number of phenols is 1. The molecule has 0 unspecified atom stereocenters. The summed E-state index contributed by atoms with van der Waals surface area (Å²) in [5, 5.41) is 18.9. The number of benzene rings is 1. The maximum Gasteiger partial charge on any atom is 0.288 e. The van der Waals surface area contributed by atoms with Crippen LogP contribution in [0, 0.1) is 10.1 Å². The molecule has 0 bridgehead atoms. The molecule has 12 heavy (non-hydrogen) atoms. The van der Waals surface area contributed by atoms with Gasteiger partial charge in [0, 0.05) is 41.7 Å². The van der Waals surface area contributed by atoms with E-state index < -0.39 is 4.92 Å². The summed E-state index contributed by atoms with van der Waals surface area (Å²) in [6, 6.07) is 3.49. The van der Waals surface area contributed by atoms with Crippen molar-refractivity contribution in [3.8, 4) is 5.75 Å². The molecule has 1 radical (unpaired) electrons. The second-order valence-corrected chi connectivity index (χ2v) is 2.30. The van der Waals surface area contributed by atoms with Gasteiger partial charge in [-0.05, 0) is 6.07 Å². The first-order valence-corrected chi connectivity index (χ1v) is 3.12. The van der Waals surface area contributed by atoms with Crippen molar-refractivity contribution < 1.29 is 10.0 Å². The number of hydrogen-bond donors (Lipinski definition) is 1. The summed E-state index contributed by atoms with van der Waals surface area (Å²) in [6.45, 7) is 0. The second-order valence-electron chi connectivity index (χ2n) is 1.89. The largest absolute Gasteiger partial charge is 0.508 e. The standard InChI is InChI=1S/C6H4ClNO3.Na/c7-5-3-4(9)1-2-6(5)8(10)11;/h1-3,9H;. The summed E-state index contributed by atoms with van der Waals surface area (Å²) in [6.07, 6.45) is 0. The summed E-state index contributed by atoms with van der Waals surface area (Å²) in [4.78, 5) is 9.56. The van der Waals surface area contributed by atoms with Gasteiger partial charge in [0.05, 0.1) is 4.92 Å². The zero-order chi connectivity index (χ0) is 8.43. The summed E-state index contributed by atoms with van der Waals surface area (Å²) in [5.74, 6) is -0.0828. The van der Waals surface area contributed by atoms with Crippen molar-refractivity contribution in [2.75, 3.05) is 0 Å². The van der Waals surface area contributed by atoms with Gasteiger partial charge in [0.25, 0.3) is 5.69 Å². The van der Waals surface area contributed by atoms with Crippen molar-refractivity contribution >= 4 is 46.8 Å². The Labute approximate surface area is 95.6 Å². The smallest absolute Gasteiger partial charge is 0.288 e. The van der Waals surface area contributed by atoms with E-state index in [0.717, 1.165) is 12.1 Å². The second kappa shape index (κ2) is 4.67. The molecule has 1 N–H and O–H groups in total. The molecule has 0 spiro atoms. The van der Waals surface area contributed by atoms with E-state index in [9.17, 15) is 10.1 Å². The Morgan fingerprint density at radius 1 is 1.50 bits per heavy atom. The zero-order valence-corrected chi connectivity index (χ0v) is 9.08. The van der Waals surface area contributed by atoms with Gasteiger partial charge in [-0.25, -0.2) is 0 Å². The Bertz CT molecular complexity index is 305. The van der Waals surface area contributed by atoms with E-state index >= 15 is 0 Å². The minimum Gasteiger partial charge on any atom is -0.508 e. The Morgan fingerprint density at radius 3 is 2.50 bits per heavy atom. The Balaban J connectivity index is 0.00000121. The molecule has 0 aliphatic carbocycles.